The molecule has 4 nitrogen and oxygen atoms in total. The van der Waals surface area contributed by atoms with Gasteiger partial charge in [-0.15, -0.1) is 11.3 Å². The minimum Gasteiger partial charge on any atom is -0.267 e. The molecule has 4 rings (SSSR count). The third-order valence-electron chi connectivity index (χ3n) is 4.52. The Hall–Kier alpha value is -3.02. The molecule has 2 aromatic carbocycles. The van der Waals surface area contributed by atoms with E-state index in [1.807, 2.05) is 79.0 Å². The normalized spacial score (nSPS) is 11.6. The van der Waals surface area contributed by atoms with E-state index in [1.54, 1.807) is 11.3 Å². The van der Waals surface area contributed by atoms with Gasteiger partial charge >= 0.3 is 0 Å². The molecule has 0 spiro atoms. The van der Waals surface area contributed by atoms with Crippen LogP contribution in [0.5, 0.6) is 0 Å². The number of aromatic nitrogens is 1. The second kappa shape index (κ2) is 8.55. The molecule has 0 aliphatic rings. The summed E-state index contributed by atoms with van der Waals surface area (Å²) in [5.41, 5.74) is 6.46. The predicted molar refractivity (Wildman–Crippen MR) is 121 cm³/mol. The Morgan fingerprint density at radius 1 is 1.10 bits per heavy atom. The number of nitrogens with zero attached hydrogens (tertiary/aromatic N) is 2. The van der Waals surface area contributed by atoms with Gasteiger partial charge in [0.15, 0.2) is 0 Å². The van der Waals surface area contributed by atoms with Gasteiger partial charge in [-0.2, -0.15) is 5.10 Å². The number of amides is 1. The molecule has 29 heavy (non-hydrogen) atoms. The van der Waals surface area contributed by atoms with Crippen LogP contribution < -0.4 is 5.43 Å². The molecule has 0 atom stereocenters. The number of fused-ring (bicyclic) bond motifs is 1. The van der Waals surface area contributed by atoms with Gasteiger partial charge in [0.1, 0.15) is 0 Å². The van der Waals surface area contributed by atoms with Crippen LogP contribution in [0.2, 0.25) is 5.02 Å². The molecular weight excluding hydrogens is 402 g/mol. The molecule has 0 radical (unpaired) electrons. The van der Waals surface area contributed by atoms with Crippen LogP contribution in [0, 0.1) is 0 Å². The molecule has 4 aromatic rings. The lowest BCUT2D eigenvalue weighted by Gasteiger charge is -2.09. The van der Waals surface area contributed by atoms with Crippen molar-refractivity contribution >= 4 is 45.5 Å². The van der Waals surface area contributed by atoms with Gasteiger partial charge < -0.3 is 0 Å². The van der Waals surface area contributed by atoms with Crippen molar-refractivity contribution in [3.05, 3.63) is 88.3 Å². The highest BCUT2D eigenvalue weighted by Crippen LogP contribution is 2.27. The number of thiophene rings is 1. The van der Waals surface area contributed by atoms with Crippen LogP contribution in [0.4, 0.5) is 0 Å². The Balaban J connectivity index is 1.71. The first-order chi connectivity index (χ1) is 14.2. The van der Waals surface area contributed by atoms with Crippen LogP contribution in [0.3, 0.4) is 0 Å². The van der Waals surface area contributed by atoms with Gasteiger partial charge in [0.2, 0.25) is 0 Å². The number of halogens is 1. The zero-order valence-corrected chi connectivity index (χ0v) is 17.3. The highest BCUT2D eigenvalue weighted by molar-refractivity contribution is 7.13. The van der Waals surface area contributed by atoms with E-state index >= 15 is 0 Å². The number of hydrogen-bond acceptors (Lipinski definition) is 4. The van der Waals surface area contributed by atoms with Crippen LogP contribution in [0.25, 0.3) is 21.5 Å². The van der Waals surface area contributed by atoms with E-state index < -0.39 is 0 Å². The SMILES string of the molecule is CC/C(=N/NC(=O)c1cc(-c2cccs2)nc2ccccc12)c1cccc(Cl)c1. The molecular formula is C23H18ClN3OS. The Bertz CT molecular complexity index is 1200. The fourth-order valence-electron chi connectivity index (χ4n) is 3.11. The Morgan fingerprint density at radius 2 is 1.97 bits per heavy atom. The first-order valence-corrected chi connectivity index (χ1v) is 10.5. The average Bonchev–Trinajstić information content (AvgIpc) is 3.28. The fraction of sp³-hybridized carbons (Fsp3) is 0.0870. The van der Waals surface area contributed by atoms with Gasteiger partial charge in [0.25, 0.3) is 5.91 Å². The van der Waals surface area contributed by atoms with Crippen LogP contribution in [0.1, 0.15) is 29.3 Å². The van der Waals surface area contributed by atoms with Crippen LogP contribution >= 0.6 is 22.9 Å². The van der Waals surface area contributed by atoms with Gasteiger partial charge in [0.05, 0.1) is 27.4 Å². The molecule has 0 unspecified atom stereocenters. The van der Waals surface area contributed by atoms with E-state index in [2.05, 4.69) is 10.5 Å². The van der Waals surface area contributed by atoms with Crippen molar-refractivity contribution in [2.45, 2.75) is 13.3 Å². The van der Waals surface area contributed by atoms with Crippen LogP contribution in [0.15, 0.2) is 77.2 Å². The standard InChI is InChI=1S/C23H18ClN3OS/c1-2-19(15-7-5-8-16(24)13-15)26-27-23(28)18-14-21(22-11-6-12-29-22)25-20-10-4-3-9-17(18)20/h3-14H,2H2,1H3,(H,27,28)/b26-19-. The Labute approximate surface area is 177 Å². The second-order valence-electron chi connectivity index (χ2n) is 6.41. The summed E-state index contributed by atoms with van der Waals surface area (Å²) in [5, 5.41) is 7.79. The number of rotatable bonds is 5. The molecule has 0 saturated heterocycles. The molecule has 0 bridgehead atoms. The summed E-state index contributed by atoms with van der Waals surface area (Å²) in [6, 6.07) is 20.9. The van der Waals surface area contributed by atoms with Crippen molar-refractivity contribution in [3.8, 4) is 10.6 Å². The number of para-hydroxylation sites is 1. The largest absolute Gasteiger partial charge is 0.272 e. The number of benzene rings is 2. The van der Waals surface area contributed by atoms with Crippen LogP contribution in [-0.4, -0.2) is 16.6 Å². The number of hydrazone groups is 1. The minimum atomic E-state index is -0.269. The lowest BCUT2D eigenvalue weighted by atomic mass is 10.1. The summed E-state index contributed by atoms with van der Waals surface area (Å²) in [5.74, 6) is -0.269. The molecule has 144 valence electrons. The quantitative estimate of drug-likeness (QED) is 0.311. The third-order valence-corrected chi connectivity index (χ3v) is 5.65. The third kappa shape index (κ3) is 4.21. The average molecular weight is 420 g/mol. The summed E-state index contributed by atoms with van der Waals surface area (Å²) in [7, 11) is 0. The van der Waals surface area contributed by atoms with Crippen molar-refractivity contribution in [1.29, 1.82) is 0 Å². The van der Waals surface area contributed by atoms with E-state index in [0.29, 0.717) is 17.0 Å². The molecule has 2 aromatic heterocycles. The van der Waals surface area contributed by atoms with E-state index in [-0.39, 0.29) is 5.91 Å². The molecule has 0 fully saturated rings. The molecule has 2 heterocycles. The van der Waals surface area contributed by atoms with Gasteiger partial charge in [-0.1, -0.05) is 54.9 Å². The number of carbonyl (C=O) groups excluding carboxylic acids is 1. The maximum atomic E-state index is 13.0. The summed E-state index contributed by atoms with van der Waals surface area (Å²) < 4.78 is 0. The first-order valence-electron chi connectivity index (χ1n) is 9.22. The van der Waals surface area contributed by atoms with Crippen molar-refractivity contribution in [2.75, 3.05) is 0 Å². The number of carbonyl (C=O) groups is 1. The second-order valence-corrected chi connectivity index (χ2v) is 7.80. The van der Waals surface area contributed by atoms with E-state index in [9.17, 15) is 4.79 Å². The zero-order valence-electron chi connectivity index (χ0n) is 15.7. The number of pyridine rings is 1. The van der Waals surface area contributed by atoms with E-state index in [0.717, 1.165) is 32.7 Å². The lowest BCUT2D eigenvalue weighted by molar-refractivity contribution is 0.0956. The van der Waals surface area contributed by atoms with E-state index in [4.69, 9.17) is 16.6 Å². The number of hydrogen-bond donors (Lipinski definition) is 1. The molecule has 0 aliphatic carbocycles. The van der Waals surface area contributed by atoms with Gasteiger partial charge in [-0.05, 0) is 47.7 Å². The summed E-state index contributed by atoms with van der Waals surface area (Å²) in [4.78, 5) is 18.8. The van der Waals surface area contributed by atoms with Crippen LogP contribution in [-0.2, 0) is 0 Å². The minimum absolute atomic E-state index is 0.269. The predicted octanol–water partition coefficient (Wildman–Crippen LogP) is 6.16. The zero-order chi connectivity index (χ0) is 20.2. The molecule has 1 N–H and O–H groups in total. The Kier molecular flexibility index (Phi) is 5.69. The van der Waals surface area contributed by atoms with Crippen molar-refractivity contribution in [3.63, 3.8) is 0 Å². The maximum absolute atomic E-state index is 13.0. The molecule has 1 amide bonds. The topological polar surface area (TPSA) is 54.4 Å². The monoisotopic (exact) mass is 419 g/mol. The van der Waals surface area contributed by atoms with Gasteiger partial charge in [-0.3, -0.25) is 4.79 Å². The summed E-state index contributed by atoms with van der Waals surface area (Å²) >= 11 is 7.68. The van der Waals surface area contributed by atoms with Crippen molar-refractivity contribution in [1.82, 2.24) is 10.4 Å². The summed E-state index contributed by atoms with van der Waals surface area (Å²) in [6.07, 6.45) is 0.665. The van der Waals surface area contributed by atoms with E-state index in [1.165, 1.54) is 0 Å². The highest BCUT2D eigenvalue weighted by atomic mass is 35.5. The van der Waals surface area contributed by atoms with Crippen molar-refractivity contribution < 1.29 is 4.79 Å². The fourth-order valence-corrected chi connectivity index (χ4v) is 3.98. The van der Waals surface area contributed by atoms with Crippen molar-refractivity contribution in [2.24, 2.45) is 5.10 Å². The lowest BCUT2D eigenvalue weighted by Crippen LogP contribution is -2.20. The molecule has 0 aliphatic heterocycles. The smallest absolute Gasteiger partial charge is 0.267 e. The molecule has 6 heteroatoms. The Morgan fingerprint density at radius 3 is 2.72 bits per heavy atom. The maximum Gasteiger partial charge on any atom is 0.272 e. The van der Waals surface area contributed by atoms with Gasteiger partial charge in [0, 0.05) is 10.4 Å². The molecule has 0 saturated carbocycles. The van der Waals surface area contributed by atoms with Gasteiger partial charge in [-0.25, -0.2) is 10.4 Å². The first kappa shape index (κ1) is 19.3. The summed E-state index contributed by atoms with van der Waals surface area (Å²) in [6.45, 7) is 1.99. The number of nitrogens with one attached hydrogen (secondary N) is 1. The highest BCUT2D eigenvalue weighted by Gasteiger charge is 2.14.